The van der Waals surface area contributed by atoms with E-state index in [0.717, 1.165) is 12.8 Å². The lowest BCUT2D eigenvalue weighted by Crippen LogP contribution is -2.04. The van der Waals surface area contributed by atoms with Crippen molar-refractivity contribution in [2.75, 3.05) is 11.5 Å². The van der Waals surface area contributed by atoms with Gasteiger partial charge in [0.25, 0.3) is 0 Å². The van der Waals surface area contributed by atoms with E-state index in [1.165, 1.54) is 0 Å². The number of carbonyl (C=O) groups excluding carboxylic acids is 1. The zero-order chi connectivity index (χ0) is 10.6. The average molecular weight is 192 g/mol. The second-order valence-corrected chi connectivity index (χ2v) is 3.37. The summed E-state index contributed by atoms with van der Waals surface area (Å²) in [5.41, 5.74) is 12.9. The molecule has 14 heavy (non-hydrogen) atoms. The number of hydrogen-bond acceptors (Lipinski definition) is 3. The quantitative estimate of drug-likeness (QED) is 0.567. The summed E-state index contributed by atoms with van der Waals surface area (Å²) in [6, 6.07) is 5.02. The zero-order valence-electron chi connectivity index (χ0n) is 8.42. The summed E-state index contributed by atoms with van der Waals surface area (Å²) < 4.78 is 0. The number of Topliss-reactive ketones (excluding diaryl/α,β-unsaturated/α-hetero) is 1. The predicted molar refractivity (Wildman–Crippen MR) is 59.1 cm³/mol. The lowest BCUT2D eigenvalue weighted by Gasteiger charge is -2.05. The molecule has 0 atom stereocenters. The van der Waals surface area contributed by atoms with Crippen molar-refractivity contribution in [2.45, 2.75) is 26.2 Å². The van der Waals surface area contributed by atoms with Crippen LogP contribution in [0.1, 0.15) is 36.5 Å². The van der Waals surface area contributed by atoms with Crippen molar-refractivity contribution in [2.24, 2.45) is 0 Å². The molecule has 0 bridgehead atoms. The van der Waals surface area contributed by atoms with Gasteiger partial charge in [-0.15, -0.1) is 0 Å². The summed E-state index contributed by atoms with van der Waals surface area (Å²) in [4.78, 5) is 11.6. The standard InChI is InChI=1S/C11H16N2O/c1-2-3-4-11(14)9-7-8(12)5-6-10(9)13/h5-7H,2-4,12-13H2,1H3. The van der Waals surface area contributed by atoms with Gasteiger partial charge in [-0.3, -0.25) is 4.79 Å². The molecule has 3 nitrogen and oxygen atoms in total. The van der Waals surface area contributed by atoms with E-state index < -0.39 is 0 Å². The first-order chi connectivity index (χ1) is 6.65. The molecule has 0 saturated carbocycles. The first-order valence-electron chi connectivity index (χ1n) is 4.83. The molecule has 1 aromatic rings. The van der Waals surface area contributed by atoms with Gasteiger partial charge in [-0.1, -0.05) is 13.3 Å². The molecule has 76 valence electrons. The third-order valence-corrected chi connectivity index (χ3v) is 2.14. The Labute approximate surface area is 84.1 Å². The molecule has 0 fully saturated rings. The van der Waals surface area contributed by atoms with Crippen LogP contribution in [0.15, 0.2) is 18.2 Å². The molecular weight excluding hydrogens is 176 g/mol. The molecule has 0 unspecified atom stereocenters. The number of carbonyl (C=O) groups is 1. The second kappa shape index (κ2) is 4.65. The van der Waals surface area contributed by atoms with Crippen molar-refractivity contribution in [3.8, 4) is 0 Å². The summed E-state index contributed by atoms with van der Waals surface area (Å²) in [5, 5.41) is 0. The highest BCUT2D eigenvalue weighted by Gasteiger charge is 2.08. The number of ketones is 1. The number of anilines is 2. The van der Waals surface area contributed by atoms with Crippen LogP contribution < -0.4 is 11.5 Å². The van der Waals surface area contributed by atoms with Crippen LogP contribution in [0.25, 0.3) is 0 Å². The van der Waals surface area contributed by atoms with Gasteiger partial charge in [-0.05, 0) is 24.6 Å². The highest BCUT2D eigenvalue weighted by atomic mass is 16.1. The maximum absolute atomic E-state index is 11.6. The van der Waals surface area contributed by atoms with Crippen LogP contribution in [0.5, 0.6) is 0 Å². The molecule has 1 rings (SSSR count). The number of benzene rings is 1. The first kappa shape index (κ1) is 10.6. The molecule has 0 saturated heterocycles. The van der Waals surface area contributed by atoms with Crippen LogP contribution in [0.2, 0.25) is 0 Å². The van der Waals surface area contributed by atoms with Crippen molar-refractivity contribution >= 4 is 17.2 Å². The van der Waals surface area contributed by atoms with E-state index in [4.69, 9.17) is 11.5 Å². The van der Waals surface area contributed by atoms with Crippen LogP contribution in [-0.4, -0.2) is 5.78 Å². The Kier molecular flexibility index (Phi) is 3.51. The van der Waals surface area contributed by atoms with Crippen LogP contribution in [-0.2, 0) is 0 Å². The van der Waals surface area contributed by atoms with E-state index in [-0.39, 0.29) is 5.78 Å². The third kappa shape index (κ3) is 2.49. The third-order valence-electron chi connectivity index (χ3n) is 2.14. The van der Waals surface area contributed by atoms with E-state index in [0.29, 0.717) is 23.4 Å². The predicted octanol–water partition coefficient (Wildman–Crippen LogP) is 2.22. The molecule has 0 amide bonds. The first-order valence-corrected chi connectivity index (χ1v) is 4.83. The Morgan fingerprint density at radius 2 is 2.07 bits per heavy atom. The highest BCUT2D eigenvalue weighted by molar-refractivity contribution is 6.01. The zero-order valence-corrected chi connectivity index (χ0v) is 8.42. The Morgan fingerprint density at radius 1 is 1.36 bits per heavy atom. The summed E-state index contributed by atoms with van der Waals surface area (Å²) >= 11 is 0. The largest absolute Gasteiger partial charge is 0.399 e. The molecule has 0 spiro atoms. The van der Waals surface area contributed by atoms with Crippen molar-refractivity contribution in [1.29, 1.82) is 0 Å². The monoisotopic (exact) mass is 192 g/mol. The minimum Gasteiger partial charge on any atom is -0.399 e. The molecule has 0 aromatic heterocycles. The minimum absolute atomic E-state index is 0.0802. The van der Waals surface area contributed by atoms with Gasteiger partial charge in [0.05, 0.1) is 0 Å². The number of nitrogen functional groups attached to an aromatic ring is 2. The SMILES string of the molecule is CCCCC(=O)c1cc(N)ccc1N. The summed E-state index contributed by atoms with van der Waals surface area (Å²) in [7, 11) is 0. The number of hydrogen-bond donors (Lipinski definition) is 2. The maximum Gasteiger partial charge on any atom is 0.165 e. The van der Waals surface area contributed by atoms with Gasteiger partial charge < -0.3 is 11.5 Å². The second-order valence-electron chi connectivity index (χ2n) is 3.37. The fraction of sp³-hybridized carbons (Fsp3) is 0.364. The normalized spacial score (nSPS) is 10.1. The van der Waals surface area contributed by atoms with Gasteiger partial charge in [-0.25, -0.2) is 0 Å². The Bertz CT molecular complexity index is 334. The van der Waals surface area contributed by atoms with E-state index in [1.54, 1.807) is 18.2 Å². The molecule has 0 heterocycles. The fourth-order valence-corrected chi connectivity index (χ4v) is 1.29. The van der Waals surface area contributed by atoms with Gasteiger partial charge in [0, 0.05) is 23.4 Å². The summed E-state index contributed by atoms with van der Waals surface area (Å²) in [5.74, 6) is 0.0802. The smallest absolute Gasteiger partial charge is 0.165 e. The lowest BCUT2D eigenvalue weighted by molar-refractivity contribution is 0.0980. The van der Waals surface area contributed by atoms with Crippen LogP contribution >= 0.6 is 0 Å². The van der Waals surface area contributed by atoms with E-state index in [9.17, 15) is 4.79 Å². The molecule has 0 aliphatic rings. The number of unbranched alkanes of at least 4 members (excludes halogenated alkanes) is 1. The highest BCUT2D eigenvalue weighted by Crippen LogP contribution is 2.18. The number of rotatable bonds is 4. The molecule has 1 aromatic carbocycles. The van der Waals surface area contributed by atoms with Crippen molar-refractivity contribution in [3.63, 3.8) is 0 Å². The van der Waals surface area contributed by atoms with Crippen molar-refractivity contribution < 1.29 is 4.79 Å². The molecular formula is C11H16N2O. The molecule has 0 aliphatic carbocycles. The molecule has 3 heteroatoms. The van der Waals surface area contributed by atoms with E-state index in [1.807, 2.05) is 0 Å². The van der Waals surface area contributed by atoms with E-state index in [2.05, 4.69) is 6.92 Å². The average Bonchev–Trinajstić information content (AvgIpc) is 2.18. The Hall–Kier alpha value is -1.51. The molecule has 4 N–H and O–H groups in total. The Morgan fingerprint density at radius 3 is 2.71 bits per heavy atom. The molecule has 0 aliphatic heterocycles. The maximum atomic E-state index is 11.6. The summed E-state index contributed by atoms with van der Waals surface area (Å²) in [6.45, 7) is 2.05. The van der Waals surface area contributed by atoms with Gasteiger partial charge in [-0.2, -0.15) is 0 Å². The van der Waals surface area contributed by atoms with Crippen LogP contribution in [0, 0.1) is 0 Å². The summed E-state index contributed by atoms with van der Waals surface area (Å²) in [6.07, 6.45) is 2.45. The topological polar surface area (TPSA) is 69.1 Å². The van der Waals surface area contributed by atoms with Gasteiger partial charge in [0.2, 0.25) is 0 Å². The van der Waals surface area contributed by atoms with Gasteiger partial charge >= 0.3 is 0 Å². The van der Waals surface area contributed by atoms with Gasteiger partial charge in [0.15, 0.2) is 5.78 Å². The van der Waals surface area contributed by atoms with Gasteiger partial charge in [0.1, 0.15) is 0 Å². The van der Waals surface area contributed by atoms with Crippen molar-refractivity contribution in [3.05, 3.63) is 23.8 Å². The van der Waals surface area contributed by atoms with E-state index >= 15 is 0 Å². The Balaban J connectivity index is 2.83. The van der Waals surface area contributed by atoms with Crippen LogP contribution in [0.3, 0.4) is 0 Å². The lowest BCUT2D eigenvalue weighted by atomic mass is 10.0. The van der Waals surface area contributed by atoms with Crippen LogP contribution in [0.4, 0.5) is 11.4 Å². The fourth-order valence-electron chi connectivity index (χ4n) is 1.29. The van der Waals surface area contributed by atoms with Crippen molar-refractivity contribution in [1.82, 2.24) is 0 Å². The molecule has 0 radical (unpaired) electrons. The minimum atomic E-state index is 0.0802. The number of nitrogens with two attached hydrogens (primary N) is 2.